The average Bonchev–Trinajstić information content (AvgIpc) is 2.93. The number of hydrogen-bond donors (Lipinski definition) is 1. The van der Waals surface area contributed by atoms with Crippen LogP contribution in [0.2, 0.25) is 0 Å². The largest absolute Gasteiger partial charge is 0.306 e. The van der Waals surface area contributed by atoms with Crippen molar-refractivity contribution in [3.8, 4) is 17.5 Å². The van der Waals surface area contributed by atoms with Crippen molar-refractivity contribution in [2.75, 3.05) is 6.54 Å². The molecule has 1 aromatic heterocycles. The zero-order valence-corrected chi connectivity index (χ0v) is 10.7. The zero-order valence-electron chi connectivity index (χ0n) is 10.7. The number of aromatic nitrogens is 2. The smallest absolute Gasteiger partial charge is 0.0991 e. The molecule has 1 unspecified atom stereocenters. The molecule has 0 aliphatic carbocycles. The SMILES string of the molecule is CC#CCNC(C)c1cccc(-n2ccnc2)c1. The second-order valence-electron chi connectivity index (χ2n) is 4.09. The third-order valence-corrected chi connectivity index (χ3v) is 2.85. The van der Waals surface area contributed by atoms with E-state index in [2.05, 4.69) is 53.3 Å². The first kappa shape index (κ1) is 12.4. The molecule has 18 heavy (non-hydrogen) atoms. The Morgan fingerprint density at radius 3 is 3.06 bits per heavy atom. The van der Waals surface area contributed by atoms with Crippen LogP contribution in [0, 0.1) is 11.8 Å². The van der Waals surface area contributed by atoms with Crippen LogP contribution in [0.3, 0.4) is 0 Å². The van der Waals surface area contributed by atoms with E-state index in [0.717, 1.165) is 5.69 Å². The van der Waals surface area contributed by atoms with Crippen molar-refractivity contribution < 1.29 is 0 Å². The second-order valence-corrected chi connectivity index (χ2v) is 4.09. The van der Waals surface area contributed by atoms with Gasteiger partial charge in [-0.3, -0.25) is 5.32 Å². The summed E-state index contributed by atoms with van der Waals surface area (Å²) in [5, 5.41) is 3.37. The minimum absolute atomic E-state index is 0.286. The van der Waals surface area contributed by atoms with Gasteiger partial charge in [-0.1, -0.05) is 18.1 Å². The molecule has 3 nitrogen and oxygen atoms in total. The maximum absolute atomic E-state index is 4.06. The molecule has 2 aromatic rings. The fourth-order valence-corrected chi connectivity index (χ4v) is 1.78. The standard InChI is InChI=1S/C15H17N3/c1-3-4-8-17-13(2)14-6-5-7-15(11-14)18-10-9-16-12-18/h5-7,9-13,17H,8H2,1-2H3. The lowest BCUT2D eigenvalue weighted by atomic mass is 10.1. The first-order chi connectivity index (χ1) is 8.81. The van der Waals surface area contributed by atoms with Crippen molar-refractivity contribution in [3.63, 3.8) is 0 Å². The quantitative estimate of drug-likeness (QED) is 0.831. The lowest BCUT2D eigenvalue weighted by molar-refractivity contribution is 0.623. The van der Waals surface area contributed by atoms with Crippen LogP contribution in [-0.4, -0.2) is 16.1 Å². The highest BCUT2D eigenvalue weighted by atomic mass is 15.0. The van der Waals surface area contributed by atoms with Gasteiger partial charge in [0.2, 0.25) is 0 Å². The average molecular weight is 239 g/mol. The summed E-state index contributed by atoms with van der Waals surface area (Å²) in [5.74, 6) is 5.90. The molecule has 0 amide bonds. The fourth-order valence-electron chi connectivity index (χ4n) is 1.78. The molecule has 92 valence electrons. The Kier molecular flexibility index (Phi) is 4.16. The molecule has 0 spiro atoms. The van der Waals surface area contributed by atoms with E-state index in [1.165, 1.54) is 5.56 Å². The van der Waals surface area contributed by atoms with E-state index >= 15 is 0 Å². The molecule has 0 saturated heterocycles. The highest BCUT2D eigenvalue weighted by molar-refractivity contribution is 5.37. The third-order valence-electron chi connectivity index (χ3n) is 2.85. The Hall–Kier alpha value is -2.05. The van der Waals surface area contributed by atoms with Gasteiger partial charge in [0.25, 0.3) is 0 Å². The number of benzene rings is 1. The summed E-state index contributed by atoms with van der Waals surface area (Å²) < 4.78 is 2.00. The molecule has 0 fully saturated rings. The Bertz CT molecular complexity index is 547. The summed E-state index contributed by atoms with van der Waals surface area (Å²) >= 11 is 0. The number of nitrogens with one attached hydrogen (secondary N) is 1. The molecule has 3 heteroatoms. The third kappa shape index (κ3) is 2.99. The Morgan fingerprint density at radius 2 is 2.33 bits per heavy atom. The molecular formula is C15H17N3. The van der Waals surface area contributed by atoms with E-state index in [-0.39, 0.29) is 6.04 Å². The van der Waals surface area contributed by atoms with Gasteiger partial charge < -0.3 is 4.57 Å². The van der Waals surface area contributed by atoms with Crippen LogP contribution in [0.5, 0.6) is 0 Å². The highest BCUT2D eigenvalue weighted by Gasteiger charge is 2.05. The highest BCUT2D eigenvalue weighted by Crippen LogP contribution is 2.16. The number of nitrogens with zero attached hydrogens (tertiary/aromatic N) is 2. The molecule has 1 N–H and O–H groups in total. The fraction of sp³-hybridized carbons (Fsp3) is 0.267. The Labute approximate surface area is 108 Å². The van der Waals surface area contributed by atoms with Gasteiger partial charge in [-0.2, -0.15) is 0 Å². The molecule has 0 aliphatic heterocycles. The van der Waals surface area contributed by atoms with Gasteiger partial charge in [-0.15, -0.1) is 5.92 Å². The van der Waals surface area contributed by atoms with Gasteiger partial charge in [0.15, 0.2) is 0 Å². The number of rotatable bonds is 4. The molecule has 1 atom stereocenters. The molecule has 2 rings (SSSR count). The molecule has 0 saturated carbocycles. The molecule has 0 radical (unpaired) electrons. The Morgan fingerprint density at radius 1 is 1.44 bits per heavy atom. The zero-order chi connectivity index (χ0) is 12.8. The lowest BCUT2D eigenvalue weighted by Gasteiger charge is -2.13. The summed E-state index contributed by atoms with van der Waals surface area (Å²) in [4.78, 5) is 4.06. The summed E-state index contributed by atoms with van der Waals surface area (Å²) in [6.07, 6.45) is 5.53. The normalized spacial score (nSPS) is 11.7. The number of imidazole rings is 1. The van der Waals surface area contributed by atoms with Crippen molar-refractivity contribution in [1.29, 1.82) is 0 Å². The topological polar surface area (TPSA) is 29.9 Å². The molecule has 0 aliphatic rings. The predicted octanol–water partition coefficient (Wildman–Crippen LogP) is 2.55. The summed E-state index contributed by atoms with van der Waals surface area (Å²) in [6, 6.07) is 8.71. The summed E-state index contributed by atoms with van der Waals surface area (Å²) in [5.41, 5.74) is 2.37. The van der Waals surface area contributed by atoms with Crippen LogP contribution < -0.4 is 5.32 Å². The maximum Gasteiger partial charge on any atom is 0.0991 e. The first-order valence-corrected chi connectivity index (χ1v) is 6.02. The summed E-state index contributed by atoms with van der Waals surface area (Å²) in [6.45, 7) is 4.71. The van der Waals surface area contributed by atoms with Crippen LogP contribution in [0.1, 0.15) is 25.5 Å². The van der Waals surface area contributed by atoms with Gasteiger partial charge >= 0.3 is 0 Å². The van der Waals surface area contributed by atoms with Crippen molar-refractivity contribution >= 4 is 0 Å². The van der Waals surface area contributed by atoms with Crippen LogP contribution >= 0.6 is 0 Å². The van der Waals surface area contributed by atoms with Gasteiger partial charge in [0.05, 0.1) is 12.9 Å². The molecular weight excluding hydrogens is 222 g/mol. The first-order valence-electron chi connectivity index (χ1n) is 6.02. The van der Waals surface area contributed by atoms with Crippen molar-refractivity contribution in [2.45, 2.75) is 19.9 Å². The van der Waals surface area contributed by atoms with Crippen LogP contribution in [0.4, 0.5) is 0 Å². The summed E-state index contributed by atoms with van der Waals surface area (Å²) in [7, 11) is 0. The van der Waals surface area contributed by atoms with Gasteiger partial charge in [-0.25, -0.2) is 4.98 Å². The van der Waals surface area contributed by atoms with Gasteiger partial charge in [0.1, 0.15) is 0 Å². The van der Waals surface area contributed by atoms with Gasteiger partial charge in [-0.05, 0) is 31.5 Å². The predicted molar refractivity (Wildman–Crippen MR) is 73.4 cm³/mol. The van der Waals surface area contributed by atoms with E-state index < -0.39 is 0 Å². The molecule has 1 heterocycles. The van der Waals surface area contributed by atoms with E-state index in [9.17, 15) is 0 Å². The van der Waals surface area contributed by atoms with E-state index in [4.69, 9.17) is 0 Å². The van der Waals surface area contributed by atoms with E-state index in [1.807, 2.05) is 17.7 Å². The second kappa shape index (κ2) is 6.04. The monoisotopic (exact) mass is 239 g/mol. The van der Waals surface area contributed by atoms with Crippen molar-refractivity contribution in [3.05, 3.63) is 48.5 Å². The van der Waals surface area contributed by atoms with Crippen LogP contribution in [-0.2, 0) is 0 Å². The molecule has 1 aromatic carbocycles. The van der Waals surface area contributed by atoms with E-state index in [1.54, 1.807) is 12.5 Å². The van der Waals surface area contributed by atoms with Crippen molar-refractivity contribution in [2.24, 2.45) is 0 Å². The minimum atomic E-state index is 0.286. The van der Waals surface area contributed by atoms with Gasteiger partial charge in [0, 0.05) is 24.1 Å². The van der Waals surface area contributed by atoms with Crippen molar-refractivity contribution in [1.82, 2.24) is 14.9 Å². The Balaban J connectivity index is 2.13. The van der Waals surface area contributed by atoms with Crippen LogP contribution in [0.15, 0.2) is 43.0 Å². The van der Waals surface area contributed by atoms with E-state index in [0.29, 0.717) is 6.54 Å². The lowest BCUT2D eigenvalue weighted by Crippen LogP contribution is -2.18. The molecule has 0 bridgehead atoms. The maximum atomic E-state index is 4.06. The van der Waals surface area contributed by atoms with Crippen LogP contribution in [0.25, 0.3) is 5.69 Å². The minimum Gasteiger partial charge on any atom is -0.306 e. The number of hydrogen-bond acceptors (Lipinski definition) is 2.